The van der Waals surface area contributed by atoms with Crippen molar-refractivity contribution >= 4 is 43.5 Å². The minimum Gasteiger partial charge on any atom is -0.354 e. The second-order valence-corrected chi connectivity index (χ2v) is 11.4. The van der Waals surface area contributed by atoms with Gasteiger partial charge in [0.2, 0.25) is 21.8 Å². The Balaban J connectivity index is 2.35. The molecule has 2 aromatic rings. The molecule has 0 unspecified atom stereocenters. The summed E-state index contributed by atoms with van der Waals surface area (Å²) < 4.78 is 27.0. The highest BCUT2D eigenvalue weighted by Gasteiger charge is 2.30. The molecule has 0 aliphatic rings. The molecule has 0 radical (unpaired) electrons. The van der Waals surface area contributed by atoms with Gasteiger partial charge >= 0.3 is 0 Å². The van der Waals surface area contributed by atoms with Crippen molar-refractivity contribution in [3.8, 4) is 0 Å². The van der Waals surface area contributed by atoms with Crippen molar-refractivity contribution in [2.45, 2.75) is 40.3 Å². The fraction of sp³-hybridized carbons (Fsp3) is 0.417. The number of rotatable bonds is 10. The van der Waals surface area contributed by atoms with Crippen molar-refractivity contribution in [2.75, 3.05) is 23.7 Å². The van der Waals surface area contributed by atoms with Crippen LogP contribution in [-0.4, -0.2) is 50.5 Å². The third kappa shape index (κ3) is 8.16. The monoisotopic (exact) mass is 537 g/mol. The number of benzene rings is 2. The van der Waals surface area contributed by atoms with E-state index in [1.807, 2.05) is 45.0 Å². The number of sulfonamides is 1. The number of carbonyl (C=O) groups is 2. The molecule has 33 heavy (non-hydrogen) atoms. The van der Waals surface area contributed by atoms with Crippen molar-refractivity contribution in [3.63, 3.8) is 0 Å². The van der Waals surface area contributed by atoms with Crippen LogP contribution >= 0.6 is 15.9 Å². The molecular weight excluding hydrogens is 506 g/mol. The third-order valence-corrected chi connectivity index (χ3v) is 6.73. The Hall–Kier alpha value is -2.39. The third-order valence-electron chi connectivity index (χ3n) is 5.09. The van der Waals surface area contributed by atoms with E-state index in [0.717, 1.165) is 26.2 Å². The van der Waals surface area contributed by atoms with Gasteiger partial charge in [-0.05, 0) is 49.6 Å². The van der Waals surface area contributed by atoms with E-state index in [-0.39, 0.29) is 18.4 Å². The van der Waals surface area contributed by atoms with Crippen molar-refractivity contribution in [2.24, 2.45) is 5.92 Å². The number of anilines is 1. The van der Waals surface area contributed by atoms with Gasteiger partial charge in [0.05, 0.1) is 11.9 Å². The van der Waals surface area contributed by atoms with Gasteiger partial charge < -0.3 is 10.2 Å². The zero-order valence-corrected chi connectivity index (χ0v) is 22.1. The molecule has 1 N–H and O–H groups in total. The first-order chi connectivity index (χ1) is 15.4. The second-order valence-electron chi connectivity index (χ2n) is 8.57. The fourth-order valence-electron chi connectivity index (χ4n) is 3.19. The van der Waals surface area contributed by atoms with Gasteiger partial charge in [0.1, 0.15) is 12.6 Å². The van der Waals surface area contributed by atoms with Crippen LogP contribution < -0.4 is 9.62 Å². The zero-order chi connectivity index (χ0) is 24.8. The van der Waals surface area contributed by atoms with E-state index in [1.54, 1.807) is 31.2 Å². The number of nitrogens with one attached hydrogen (secondary N) is 1. The van der Waals surface area contributed by atoms with Crippen LogP contribution in [0.25, 0.3) is 0 Å². The summed E-state index contributed by atoms with van der Waals surface area (Å²) in [5.74, 6) is -0.487. The van der Waals surface area contributed by atoms with Gasteiger partial charge in [0.15, 0.2) is 0 Å². The number of hydrogen-bond acceptors (Lipinski definition) is 4. The maximum absolute atomic E-state index is 13.4. The highest BCUT2D eigenvalue weighted by atomic mass is 79.9. The van der Waals surface area contributed by atoms with Crippen LogP contribution in [0.4, 0.5) is 5.69 Å². The highest BCUT2D eigenvalue weighted by Crippen LogP contribution is 2.20. The Labute approximate surface area is 205 Å². The normalized spacial score (nSPS) is 12.3. The zero-order valence-electron chi connectivity index (χ0n) is 19.7. The van der Waals surface area contributed by atoms with Gasteiger partial charge in [-0.2, -0.15) is 0 Å². The Morgan fingerprint density at radius 2 is 1.70 bits per heavy atom. The van der Waals surface area contributed by atoms with E-state index >= 15 is 0 Å². The average Bonchev–Trinajstić information content (AvgIpc) is 2.73. The van der Waals surface area contributed by atoms with Gasteiger partial charge in [-0.3, -0.25) is 13.9 Å². The molecule has 1 atom stereocenters. The standard InChI is InChI=1S/C24H32BrN3O4S/c1-17(2)14-26-24(30)19(4)27(15-20-7-6-8-21(25)13-20)23(29)16-28(33(5,31)32)22-11-9-18(3)10-12-22/h6-13,17,19H,14-16H2,1-5H3,(H,26,30)/t19-/m1/s1. The number of halogens is 1. The smallest absolute Gasteiger partial charge is 0.244 e. The molecule has 2 rings (SSSR count). The molecule has 0 fully saturated rings. The van der Waals surface area contributed by atoms with Gasteiger partial charge in [-0.1, -0.05) is 59.6 Å². The Bertz CT molecular complexity index is 1070. The van der Waals surface area contributed by atoms with Crippen molar-refractivity contribution < 1.29 is 18.0 Å². The van der Waals surface area contributed by atoms with Gasteiger partial charge in [0, 0.05) is 17.6 Å². The minimum atomic E-state index is -3.73. The molecule has 0 aliphatic carbocycles. The number of aryl methyl sites for hydroxylation is 1. The topological polar surface area (TPSA) is 86.8 Å². The van der Waals surface area contributed by atoms with Crippen molar-refractivity contribution in [1.82, 2.24) is 10.2 Å². The Morgan fingerprint density at radius 1 is 1.06 bits per heavy atom. The van der Waals surface area contributed by atoms with Crippen LogP contribution in [0.1, 0.15) is 31.9 Å². The molecule has 0 spiro atoms. The second kappa shape index (κ2) is 11.7. The molecule has 7 nitrogen and oxygen atoms in total. The highest BCUT2D eigenvalue weighted by molar-refractivity contribution is 9.10. The molecule has 0 saturated heterocycles. The van der Waals surface area contributed by atoms with E-state index in [0.29, 0.717) is 12.2 Å². The summed E-state index contributed by atoms with van der Waals surface area (Å²) in [6, 6.07) is 13.6. The van der Waals surface area contributed by atoms with E-state index < -0.39 is 28.5 Å². The summed E-state index contributed by atoms with van der Waals surface area (Å²) in [4.78, 5) is 27.7. The lowest BCUT2D eigenvalue weighted by atomic mass is 10.1. The lowest BCUT2D eigenvalue weighted by Crippen LogP contribution is -2.51. The summed E-state index contributed by atoms with van der Waals surface area (Å²) in [5, 5.41) is 2.86. The minimum absolute atomic E-state index is 0.167. The summed E-state index contributed by atoms with van der Waals surface area (Å²) >= 11 is 3.43. The van der Waals surface area contributed by atoms with Crippen molar-refractivity contribution in [1.29, 1.82) is 0 Å². The number of amides is 2. The molecule has 2 aromatic carbocycles. The molecule has 0 aromatic heterocycles. The molecule has 0 bridgehead atoms. The fourth-order valence-corrected chi connectivity index (χ4v) is 4.49. The molecule has 0 aliphatic heterocycles. The molecular formula is C24H32BrN3O4S. The quantitative estimate of drug-likeness (QED) is 0.500. The van der Waals surface area contributed by atoms with E-state index in [1.165, 1.54) is 4.90 Å². The van der Waals surface area contributed by atoms with E-state index in [4.69, 9.17) is 0 Å². The first-order valence-corrected chi connectivity index (χ1v) is 13.4. The van der Waals surface area contributed by atoms with Crippen LogP contribution in [0.15, 0.2) is 53.0 Å². The van der Waals surface area contributed by atoms with Gasteiger partial charge in [0.25, 0.3) is 0 Å². The van der Waals surface area contributed by atoms with Gasteiger partial charge in [-0.25, -0.2) is 8.42 Å². The predicted octanol–water partition coefficient (Wildman–Crippen LogP) is 3.71. The average molecular weight is 539 g/mol. The maximum atomic E-state index is 13.4. The van der Waals surface area contributed by atoms with E-state index in [9.17, 15) is 18.0 Å². The molecule has 180 valence electrons. The first kappa shape index (κ1) is 26.9. The van der Waals surface area contributed by atoms with E-state index in [2.05, 4.69) is 21.2 Å². The van der Waals surface area contributed by atoms with Crippen molar-refractivity contribution in [3.05, 3.63) is 64.1 Å². The lowest BCUT2D eigenvalue weighted by molar-refractivity contribution is -0.139. The lowest BCUT2D eigenvalue weighted by Gasteiger charge is -2.31. The molecule has 0 saturated carbocycles. The Morgan fingerprint density at radius 3 is 2.24 bits per heavy atom. The summed E-state index contributed by atoms with van der Waals surface area (Å²) in [6.07, 6.45) is 1.07. The predicted molar refractivity (Wildman–Crippen MR) is 135 cm³/mol. The van der Waals surface area contributed by atoms with Crippen LogP contribution in [-0.2, 0) is 26.2 Å². The van der Waals surface area contributed by atoms with Crippen LogP contribution in [0.5, 0.6) is 0 Å². The number of nitrogens with zero attached hydrogens (tertiary/aromatic N) is 2. The first-order valence-electron chi connectivity index (χ1n) is 10.7. The SMILES string of the molecule is Cc1ccc(N(CC(=O)N(Cc2cccc(Br)c2)[C@H](C)C(=O)NCC(C)C)S(C)(=O)=O)cc1. The van der Waals surface area contributed by atoms with Gasteiger partial charge in [-0.15, -0.1) is 0 Å². The molecule has 2 amide bonds. The largest absolute Gasteiger partial charge is 0.354 e. The summed E-state index contributed by atoms with van der Waals surface area (Å²) in [7, 11) is -3.73. The molecule has 9 heteroatoms. The number of carbonyl (C=O) groups excluding carboxylic acids is 2. The van der Waals surface area contributed by atoms with Crippen LogP contribution in [0, 0.1) is 12.8 Å². The molecule has 0 heterocycles. The summed E-state index contributed by atoms with van der Waals surface area (Å²) in [6.45, 7) is 7.78. The van der Waals surface area contributed by atoms with Crippen LogP contribution in [0.3, 0.4) is 0 Å². The van der Waals surface area contributed by atoms with Crippen LogP contribution in [0.2, 0.25) is 0 Å². The Kier molecular flexibility index (Phi) is 9.48. The maximum Gasteiger partial charge on any atom is 0.244 e. The number of hydrogen-bond donors (Lipinski definition) is 1. The summed E-state index contributed by atoms with van der Waals surface area (Å²) in [5.41, 5.74) is 2.20.